The number of nitrogens with one attached hydrogen (secondary N) is 3. The summed E-state index contributed by atoms with van der Waals surface area (Å²) in [7, 11) is 0. The molecule has 0 aliphatic rings. The van der Waals surface area contributed by atoms with Gasteiger partial charge < -0.3 is 10.1 Å². The molecule has 0 aliphatic carbocycles. The highest BCUT2D eigenvalue weighted by atomic mass is 16.5. The molecule has 0 aromatic heterocycles. The molecule has 0 saturated heterocycles. The number of aryl methyl sites for hydroxylation is 2. The second kappa shape index (κ2) is 10.6. The fourth-order valence-electron chi connectivity index (χ4n) is 2.83. The molecule has 0 radical (unpaired) electrons. The summed E-state index contributed by atoms with van der Waals surface area (Å²) in [5.41, 5.74) is 8.56. The first-order valence-electron chi connectivity index (χ1n) is 10.2. The lowest BCUT2D eigenvalue weighted by Crippen LogP contribution is -2.44. The van der Waals surface area contributed by atoms with Gasteiger partial charge in [0.1, 0.15) is 5.75 Å². The predicted molar refractivity (Wildman–Crippen MR) is 121 cm³/mol. The zero-order valence-corrected chi connectivity index (χ0v) is 18.8. The van der Waals surface area contributed by atoms with Gasteiger partial charge in [-0.25, -0.2) is 0 Å². The van der Waals surface area contributed by atoms with Gasteiger partial charge >= 0.3 is 0 Å². The number of hydrogen-bond donors (Lipinski definition) is 3. The van der Waals surface area contributed by atoms with Gasteiger partial charge in [-0.3, -0.25) is 25.2 Å². The fourth-order valence-corrected chi connectivity index (χ4v) is 2.83. The van der Waals surface area contributed by atoms with Crippen molar-refractivity contribution in [3.63, 3.8) is 0 Å². The van der Waals surface area contributed by atoms with E-state index in [2.05, 4.69) is 36.9 Å². The number of anilines is 1. The van der Waals surface area contributed by atoms with Crippen LogP contribution in [-0.2, 0) is 19.8 Å². The van der Waals surface area contributed by atoms with Crippen molar-refractivity contribution in [1.29, 1.82) is 0 Å². The van der Waals surface area contributed by atoms with Crippen molar-refractivity contribution < 1.29 is 19.1 Å². The van der Waals surface area contributed by atoms with Crippen LogP contribution in [0.1, 0.15) is 50.3 Å². The molecule has 166 valence electrons. The average Bonchev–Trinajstić information content (AvgIpc) is 2.71. The average molecular weight is 426 g/mol. The number of carbonyl (C=O) groups excluding carboxylic acids is 3. The third kappa shape index (κ3) is 8.12. The summed E-state index contributed by atoms with van der Waals surface area (Å²) in [5.74, 6) is -0.653. The van der Waals surface area contributed by atoms with Gasteiger partial charge in [0, 0.05) is 18.5 Å². The highest BCUT2D eigenvalue weighted by Gasteiger charge is 2.13. The Kier molecular flexibility index (Phi) is 8.19. The Morgan fingerprint density at radius 3 is 2.06 bits per heavy atom. The molecule has 0 unspecified atom stereocenters. The van der Waals surface area contributed by atoms with E-state index in [9.17, 15) is 14.4 Å². The molecule has 7 nitrogen and oxygen atoms in total. The number of rotatable bonds is 7. The lowest BCUT2D eigenvalue weighted by Gasteiger charge is -2.19. The predicted octanol–water partition coefficient (Wildman–Crippen LogP) is 3.55. The minimum absolute atomic E-state index is 0.00560. The smallest absolute Gasteiger partial charge is 0.276 e. The van der Waals surface area contributed by atoms with Gasteiger partial charge in [0.15, 0.2) is 6.61 Å². The number of carbonyl (C=O) groups is 3. The number of amides is 3. The number of ether oxygens (including phenoxy) is 1. The molecular weight excluding hydrogens is 394 g/mol. The van der Waals surface area contributed by atoms with Crippen molar-refractivity contribution in [2.45, 2.75) is 52.9 Å². The molecule has 0 fully saturated rings. The van der Waals surface area contributed by atoms with Crippen LogP contribution in [0.15, 0.2) is 42.5 Å². The molecule has 3 amide bonds. The number of benzene rings is 2. The summed E-state index contributed by atoms with van der Waals surface area (Å²) in [4.78, 5) is 35.8. The van der Waals surface area contributed by atoms with Crippen molar-refractivity contribution >= 4 is 23.4 Å². The SMILES string of the molecule is Cc1ccc(NC(=O)CCC(=O)NNC(=O)COc2ccc(C(C)(C)C)cc2)c(C)c1. The van der Waals surface area contributed by atoms with E-state index in [0.717, 1.165) is 22.4 Å². The van der Waals surface area contributed by atoms with Crippen LogP contribution < -0.4 is 20.9 Å². The van der Waals surface area contributed by atoms with E-state index in [4.69, 9.17) is 4.74 Å². The first kappa shape index (κ1) is 23.9. The van der Waals surface area contributed by atoms with Crippen molar-refractivity contribution in [1.82, 2.24) is 10.9 Å². The van der Waals surface area contributed by atoms with Crippen LogP contribution in [0.2, 0.25) is 0 Å². The Morgan fingerprint density at radius 1 is 0.839 bits per heavy atom. The van der Waals surface area contributed by atoms with E-state index in [1.807, 2.05) is 44.2 Å². The molecule has 2 aromatic carbocycles. The zero-order valence-electron chi connectivity index (χ0n) is 18.8. The van der Waals surface area contributed by atoms with Gasteiger partial charge in [-0.2, -0.15) is 0 Å². The second-order valence-electron chi connectivity index (χ2n) is 8.53. The van der Waals surface area contributed by atoms with Gasteiger partial charge in [0.25, 0.3) is 5.91 Å². The fraction of sp³-hybridized carbons (Fsp3) is 0.375. The zero-order chi connectivity index (χ0) is 23.0. The molecule has 2 rings (SSSR count). The molecule has 2 aromatic rings. The quantitative estimate of drug-likeness (QED) is 0.591. The summed E-state index contributed by atoms with van der Waals surface area (Å²) in [6.45, 7) is 10.0. The molecule has 31 heavy (non-hydrogen) atoms. The first-order chi connectivity index (χ1) is 14.5. The Hall–Kier alpha value is -3.35. The van der Waals surface area contributed by atoms with E-state index in [0.29, 0.717) is 5.75 Å². The van der Waals surface area contributed by atoms with Crippen LogP contribution in [-0.4, -0.2) is 24.3 Å². The number of hydrogen-bond acceptors (Lipinski definition) is 4. The molecule has 3 N–H and O–H groups in total. The third-order valence-corrected chi connectivity index (χ3v) is 4.67. The Labute approximate surface area is 183 Å². The largest absolute Gasteiger partial charge is 0.484 e. The molecule has 0 atom stereocenters. The van der Waals surface area contributed by atoms with Crippen LogP contribution in [0.4, 0.5) is 5.69 Å². The molecule has 0 saturated carbocycles. The van der Waals surface area contributed by atoms with Crippen molar-refractivity contribution in [2.24, 2.45) is 0 Å². The highest BCUT2D eigenvalue weighted by Crippen LogP contribution is 2.24. The van der Waals surface area contributed by atoms with E-state index in [1.54, 1.807) is 12.1 Å². The lowest BCUT2D eigenvalue weighted by atomic mass is 9.87. The van der Waals surface area contributed by atoms with Crippen LogP contribution in [0, 0.1) is 13.8 Å². The third-order valence-electron chi connectivity index (χ3n) is 4.67. The Morgan fingerprint density at radius 2 is 1.45 bits per heavy atom. The Bertz CT molecular complexity index is 931. The maximum Gasteiger partial charge on any atom is 0.276 e. The molecule has 7 heteroatoms. The molecule has 0 spiro atoms. The minimum atomic E-state index is -0.493. The van der Waals surface area contributed by atoms with E-state index < -0.39 is 11.8 Å². The van der Waals surface area contributed by atoms with Gasteiger partial charge in [-0.1, -0.05) is 50.6 Å². The molecule has 0 bridgehead atoms. The van der Waals surface area contributed by atoms with Gasteiger partial charge in [-0.05, 0) is 48.6 Å². The Balaban J connectivity index is 1.67. The molecular formula is C24H31N3O4. The van der Waals surface area contributed by atoms with Crippen LogP contribution in [0.25, 0.3) is 0 Å². The summed E-state index contributed by atoms with van der Waals surface area (Å²) in [5, 5.41) is 2.78. The van der Waals surface area contributed by atoms with Crippen molar-refractivity contribution in [3.05, 3.63) is 59.2 Å². The lowest BCUT2D eigenvalue weighted by molar-refractivity contribution is -0.130. The molecule has 0 heterocycles. The maximum absolute atomic E-state index is 12.0. The van der Waals surface area contributed by atoms with Crippen LogP contribution in [0.5, 0.6) is 5.75 Å². The topological polar surface area (TPSA) is 96.5 Å². The maximum atomic E-state index is 12.0. The summed E-state index contributed by atoms with van der Waals surface area (Å²) in [6, 6.07) is 13.2. The van der Waals surface area contributed by atoms with Gasteiger partial charge in [0.2, 0.25) is 11.8 Å². The van der Waals surface area contributed by atoms with Gasteiger partial charge in [-0.15, -0.1) is 0 Å². The van der Waals surface area contributed by atoms with E-state index in [-0.39, 0.29) is 30.8 Å². The summed E-state index contributed by atoms with van der Waals surface area (Å²) >= 11 is 0. The molecule has 0 aliphatic heterocycles. The minimum Gasteiger partial charge on any atom is -0.484 e. The summed E-state index contributed by atoms with van der Waals surface area (Å²) in [6.07, 6.45) is -0.0439. The normalized spacial score (nSPS) is 10.9. The monoisotopic (exact) mass is 425 g/mol. The second-order valence-corrected chi connectivity index (χ2v) is 8.53. The van der Waals surface area contributed by atoms with Crippen LogP contribution in [0.3, 0.4) is 0 Å². The standard InChI is InChI=1S/C24H31N3O4/c1-16-6-11-20(17(2)14-16)25-21(28)12-13-22(29)26-27-23(30)15-31-19-9-7-18(8-10-19)24(3,4)5/h6-11,14H,12-13,15H2,1-5H3,(H,25,28)(H,26,29)(H,27,30). The summed E-state index contributed by atoms with van der Waals surface area (Å²) < 4.78 is 5.42. The van der Waals surface area contributed by atoms with Gasteiger partial charge in [0.05, 0.1) is 0 Å². The first-order valence-corrected chi connectivity index (χ1v) is 10.2. The highest BCUT2D eigenvalue weighted by molar-refractivity contribution is 5.94. The van der Waals surface area contributed by atoms with Crippen molar-refractivity contribution in [3.8, 4) is 5.75 Å². The van der Waals surface area contributed by atoms with Crippen LogP contribution >= 0.6 is 0 Å². The number of hydrazine groups is 1. The van der Waals surface area contributed by atoms with E-state index in [1.165, 1.54) is 0 Å². The van der Waals surface area contributed by atoms with Crippen molar-refractivity contribution in [2.75, 3.05) is 11.9 Å². The van der Waals surface area contributed by atoms with E-state index >= 15 is 0 Å².